The summed E-state index contributed by atoms with van der Waals surface area (Å²) in [5.74, 6) is 2.33. The van der Waals surface area contributed by atoms with Crippen LogP contribution in [0.5, 0.6) is 0 Å². The number of thiazole rings is 1. The van der Waals surface area contributed by atoms with Gasteiger partial charge < -0.3 is 5.32 Å². The van der Waals surface area contributed by atoms with Crippen LogP contribution in [0.2, 0.25) is 0 Å². The molecule has 3 aromatic rings. The van der Waals surface area contributed by atoms with Crippen molar-refractivity contribution in [2.45, 2.75) is 8.92 Å². The molecule has 2 heterocycles. The third-order valence-electron chi connectivity index (χ3n) is 3.87. The molecule has 2 aromatic carbocycles. The standard InChI is InChI=1S/C18H16N2OS4/c1-22-18-20-14-7-6-13(10-15(14)25-18)19-16(21)11-2-4-12(5-3-11)17-23-8-9-24-17/h2-7,10,17H,8-9H2,1H3,(H,19,21). The molecule has 0 saturated carbocycles. The van der Waals surface area contributed by atoms with Crippen molar-refractivity contribution in [2.75, 3.05) is 23.1 Å². The minimum atomic E-state index is -0.0766. The molecule has 1 aromatic heterocycles. The summed E-state index contributed by atoms with van der Waals surface area (Å²) in [6, 6.07) is 13.8. The second-order valence-electron chi connectivity index (χ2n) is 5.52. The highest BCUT2D eigenvalue weighted by molar-refractivity contribution is 8.19. The Hall–Kier alpha value is -1.15. The molecule has 1 aliphatic heterocycles. The minimum Gasteiger partial charge on any atom is -0.322 e. The van der Waals surface area contributed by atoms with E-state index in [1.54, 1.807) is 23.1 Å². The lowest BCUT2D eigenvalue weighted by atomic mass is 10.1. The topological polar surface area (TPSA) is 42.0 Å². The molecule has 1 N–H and O–H groups in total. The van der Waals surface area contributed by atoms with E-state index in [0.29, 0.717) is 10.1 Å². The van der Waals surface area contributed by atoms with Crippen LogP contribution in [-0.4, -0.2) is 28.7 Å². The summed E-state index contributed by atoms with van der Waals surface area (Å²) < 4.78 is 2.64. The summed E-state index contributed by atoms with van der Waals surface area (Å²) in [4.78, 5) is 17.0. The number of carbonyl (C=O) groups is 1. The second kappa shape index (κ2) is 7.61. The van der Waals surface area contributed by atoms with Crippen LogP contribution in [-0.2, 0) is 0 Å². The van der Waals surface area contributed by atoms with Crippen LogP contribution in [0.1, 0.15) is 20.5 Å². The Bertz CT molecular complexity index is 901. The van der Waals surface area contributed by atoms with Gasteiger partial charge in [-0.15, -0.1) is 34.9 Å². The molecule has 4 rings (SSSR count). The Kier molecular flexibility index (Phi) is 5.26. The monoisotopic (exact) mass is 404 g/mol. The maximum Gasteiger partial charge on any atom is 0.255 e. The largest absolute Gasteiger partial charge is 0.322 e. The number of carbonyl (C=O) groups excluding carboxylic acids is 1. The average Bonchev–Trinajstić information content (AvgIpc) is 3.31. The molecule has 0 spiro atoms. The van der Waals surface area contributed by atoms with Gasteiger partial charge in [0.05, 0.1) is 14.8 Å². The third-order valence-corrected chi connectivity index (χ3v) is 8.98. The molecule has 0 aliphatic carbocycles. The molecule has 3 nitrogen and oxygen atoms in total. The highest BCUT2D eigenvalue weighted by atomic mass is 32.2. The van der Waals surface area contributed by atoms with Crippen LogP contribution < -0.4 is 5.32 Å². The molecule has 25 heavy (non-hydrogen) atoms. The van der Waals surface area contributed by atoms with E-state index >= 15 is 0 Å². The molecule has 1 aliphatic rings. The number of amides is 1. The Morgan fingerprint density at radius 2 is 1.92 bits per heavy atom. The van der Waals surface area contributed by atoms with Gasteiger partial charge in [-0.2, -0.15) is 0 Å². The van der Waals surface area contributed by atoms with Crippen molar-refractivity contribution < 1.29 is 4.79 Å². The van der Waals surface area contributed by atoms with E-state index in [1.165, 1.54) is 17.1 Å². The van der Waals surface area contributed by atoms with Crippen molar-refractivity contribution in [1.29, 1.82) is 0 Å². The smallest absolute Gasteiger partial charge is 0.255 e. The molecular weight excluding hydrogens is 388 g/mol. The first-order valence-electron chi connectivity index (χ1n) is 7.82. The van der Waals surface area contributed by atoms with E-state index < -0.39 is 0 Å². The SMILES string of the molecule is CSc1nc2ccc(NC(=O)c3ccc(C4SCCS4)cc3)cc2s1. The van der Waals surface area contributed by atoms with Gasteiger partial charge in [0.1, 0.15) is 0 Å². The number of nitrogens with zero attached hydrogens (tertiary/aromatic N) is 1. The molecule has 7 heteroatoms. The fraction of sp³-hybridized carbons (Fsp3) is 0.222. The number of fused-ring (bicyclic) bond motifs is 1. The van der Waals surface area contributed by atoms with Gasteiger partial charge in [0.2, 0.25) is 0 Å². The molecule has 0 atom stereocenters. The van der Waals surface area contributed by atoms with Gasteiger partial charge in [0.25, 0.3) is 5.91 Å². The van der Waals surface area contributed by atoms with Crippen LogP contribution in [0.4, 0.5) is 5.69 Å². The maximum absolute atomic E-state index is 12.5. The number of hydrogen-bond acceptors (Lipinski definition) is 6. The molecule has 1 saturated heterocycles. The number of anilines is 1. The highest BCUT2D eigenvalue weighted by Crippen LogP contribution is 2.45. The molecule has 0 radical (unpaired) electrons. The molecule has 128 valence electrons. The summed E-state index contributed by atoms with van der Waals surface area (Å²) in [5, 5.41) is 2.99. The lowest BCUT2D eigenvalue weighted by Gasteiger charge is -2.09. The Labute approximate surface area is 163 Å². The van der Waals surface area contributed by atoms with Crippen LogP contribution in [0.3, 0.4) is 0 Å². The van der Waals surface area contributed by atoms with Gasteiger partial charge in [0, 0.05) is 22.8 Å². The van der Waals surface area contributed by atoms with Crippen molar-refractivity contribution in [3.63, 3.8) is 0 Å². The van der Waals surface area contributed by atoms with E-state index in [0.717, 1.165) is 20.2 Å². The first-order valence-corrected chi connectivity index (χ1v) is 12.0. The Morgan fingerprint density at radius 3 is 2.64 bits per heavy atom. The summed E-state index contributed by atoms with van der Waals surface area (Å²) in [6.07, 6.45) is 2.02. The van der Waals surface area contributed by atoms with Crippen molar-refractivity contribution >= 4 is 68.4 Å². The second-order valence-corrected chi connectivity index (χ2v) is 10.3. The summed E-state index contributed by atoms with van der Waals surface area (Å²) in [7, 11) is 0. The fourth-order valence-electron chi connectivity index (χ4n) is 2.61. The van der Waals surface area contributed by atoms with E-state index in [4.69, 9.17) is 0 Å². The highest BCUT2D eigenvalue weighted by Gasteiger charge is 2.18. The maximum atomic E-state index is 12.5. The van der Waals surface area contributed by atoms with Gasteiger partial charge in [-0.3, -0.25) is 4.79 Å². The lowest BCUT2D eigenvalue weighted by Crippen LogP contribution is -2.11. The number of rotatable bonds is 4. The van der Waals surface area contributed by atoms with Gasteiger partial charge in [-0.05, 0) is 42.2 Å². The van der Waals surface area contributed by atoms with E-state index in [-0.39, 0.29) is 5.91 Å². The Balaban J connectivity index is 1.49. The minimum absolute atomic E-state index is 0.0766. The van der Waals surface area contributed by atoms with Crippen molar-refractivity contribution in [3.8, 4) is 0 Å². The lowest BCUT2D eigenvalue weighted by molar-refractivity contribution is 0.102. The third kappa shape index (κ3) is 3.84. The zero-order chi connectivity index (χ0) is 17.2. The van der Waals surface area contributed by atoms with Crippen LogP contribution in [0.25, 0.3) is 10.2 Å². The van der Waals surface area contributed by atoms with Gasteiger partial charge in [-0.1, -0.05) is 23.9 Å². The van der Waals surface area contributed by atoms with Gasteiger partial charge >= 0.3 is 0 Å². The number of hydrogen-bond donors (Lipinski definition) is 1. The number of benzene rings is 2. The van der Waals surface area contributed by atoms with E-state index in [2.05, 4.69) is 22.4 Å². The summed E-state index contributed by atoms with van der Waals surface area (Å²) in [5.41, 5.74) is 3.76. The molecule has 1 fully saturated rings. The quantitative estimate of drug-likeness (QED) is 0.561. The molecule has 0 bridgehead atoms. The summed E-state index contributed by atoms with van der Waals surface area (Å²) >= 11 is 7.23. The normalized spacial score (nSPS) is 14.9. The average molecular weight is 405 g/mol. The number of thioether (sulfide) groups is 3. The number of aromatic nitrogens is 1. The zero-order valence-electron chi connectivity index (χ0n) is 13.5. The van der Waals surface area contributed by atoms with Crippen molar-refractivity contribution in [2.24, 2.45) is 0 Å². The van der Waals surface area contributed by atoms with Crippen molar-refractivity contribution in [1.82, 2.24) is 4.98 Å². The van der Waals surface area contributed by atoms with E-state index in [1.807, 2.05) is 60.1 Å². The van der Waals surface area contributed by atoms with Gasteiger partial charge in [-0.25, -0.2) is 4.98 Å². The predicted molar refractivity (Wildman–Crippen MR) is 113 cm³/mol. The predicted octanol–water partition coefficient (Wildman–Crippen LogP) is 5.75. The van der Waals surface area contributed by atoms with Crippen molar-refractivity contribution in [3.05, 3.63) is 53.6 Å². The van der Waals surface area contributed by atoms with E-state index in [9.17, 15) is 4.79 Å². The molecular formula is C18H16N2OS4. The Morgan fingerprint density at radius 1 is 1.16 bits per heavy atom. The number of nitrogens with one attached hydrogen (secondary N) is 1. The summed E-state index contributed by atoms with van der Waals surface area (Å²) in [6.45, 7) is 0. The zero-order valence-corrected chi connectivity index (χ0v) is 16.8. The van der Waals surface area contributed by atoms with Crippen LogP contribution in [0, 0.1) is 0 Å². The first-order chi connectivity index (χ1) is 12.2. The first kappa shape index (κ1) is 17.3. The fourth-order valence-corrected chi connectivity index (χ4v) is 7.00. The molecule has 1 amide bonds. The van der Waals surface area contributed by atoms with Gasteiger partial charge in [0.15, 0.2) is 4.34 Å². The molecule has 0 unspecified atom stereocenters. The van der Waals surface area contributed by atoms with Crippen LogP contribution >= 0.6 is 46.6 Å². The van der Waals surface area contributed by atoms with Crippen LogP contribution in [0.15, 0.2) is 46.8 Å².